The fourth-order valence-corrected chi connectivity index (χ4v) is 3.71. The monoisotopic (exact) mass is 392 g/mol. The molecular weight excluding hydrogens is 375 g/mol. The summed E-state index contributed by atoms with van der Waals surface area (Å²) in [6.07, 6.45) is 6.98. The van der Waals surface area contributed by atoms with Crippen LogP contribution in [0.5, 0.6) is 0 Å². The summed E-state index contributed by atoms with van der Waals surface area (Å²) in [6, 6.07) is 1.99. The first-order valence-corrected chi connectivity index (χ1v) is 9.83. The summed E-state index contributed by atoms with van der Waals surface area (Å²) in [6.45, 7) is 5.48. The Morgan fingerprint density at radius 2 is 1.88 bits per heavy atom. The Hall–Kier alpha value is -1.90. The molecule has 0 aliphatic carbocycles. The van der Waals surface area contributed by atoms with Gasteiger partial charge in [-0.1, -0.05) is 23.5 Å². The summed E-state index contributed by atoms with van der Waals surface area (Å²) in [7, 11) is 0. The molecule has 0 amide bonds. The third-order valence-corrected chi connectivity index (χ3v) is 5.91. The van der Waals surface area contributed by atoms with E-state index in [2.05, 4.69) is 30.5 Å². The minimum Gasteiger partial charge on any atom is -0.354 e. The Bertz CT molecular complexity index is 954. The van der Waals surface area contributed by atoms with Gasteiger partial charge in [0, 0.05) is 43.3 Å². The van der Waals surface area contributed by atoms with E-state index in [1.54, 1.807) is 31.3 Å². The molecule has 0 N–H and O–H groups in total. The molecule has 0 bridgehead atoms. The van der Waals surface area contributed by atoms with E-state index in [0.29, 0.717) is 16.1 Å². The maximum Gasteiger partial charge on any atom is 0.190 e. The van der Waals surface area contributed by atoms with Crippen LogP contribution in [0.15, 0.2) is 24.7 Å². The number of pyridine rings is 2. The third kappa shape index (κ3) is 3.02. The molecule has 1 saturated heterocycles. The predicted octanol–water partition coefficient (Wildman–Crippen LogP) is 3.32. The smallest absolute Gasteiger partial charge is 0.190 e. The molecule has 3 aromatic rings. The van der Waals surface area contributed by atoms with Gasteiger partial charge in [-0.3, -0.25) is 0 Å². The fraction of sp³-hybridized carbons (Fsp3) is 0.353. The highest BCUT2D eigenvalue weighted by atomic mass is 35.5. The molecule has 1 aliphatic rings. The standard InChI is InChI=1S/C17H18ClFN6S/c1-11-13(18)9-21-17(16(11)19)25-14-10-20-15(7-12(14)8-22-25)23-3-5-24(26-2)6-4-23/h7-10H,3-6H2,1-2H3. The summed E-state index contributed by atoms with van der Waals surface area (Å²) in [5, 5.41) is 5.51. The van der Waals surface area contributed by atoms with Gasteiger partial charge in [-0.05, 0) is 19.2 Å². The van der Waals surface area contributed by atoms with E-state index in [9.17, 15) is 4.39 Å². The maximum atomic E-state index is 14.6. The Morgan fingerprint density at radius 1 is 1.12 bits per heavy atom. The van der Waals surface area contributed by atoms with Crippen LogP contribution in [0.3, 0.4) is 0 Å². The first-order chi connectivity index (χ1) is 12.6. The molecule has 3 aromatic heterocycles. The average Bonchev–Trinajstić information content (AvgIpc) is 3.09. The van der Waals surface area contributed by atoms with Gasteiger partial charge in [-0.2, -0.15) is 5.10 Å². The van der Waals surface area contributed by atoms with Crippen LogP contribution in [0.4, 0.5) is 10.2 Å². The molecule has 1 aliphatic heterocycles. The highest BCUT2D eigenvalue weighted by molar-refractivity contribution is 7.96. The number of rotatable bonds is 3. The molecular formula is C17H18ClFN6S. The summed E-state index contributed by atoms with van der Waals surface area (Å²) in [4.78, 5) is 10.9. The van der Waals surface area contributed by atoms with E-state index in [1.165, 1.54) is 10.9 Å². The zero-order chi connectivity index (χ0) is 18.3. The molecule has 4 rings (SSSR count). The molecule has 136 valence electrons. The van der Waals surface area contributed by atoms with E-state index >= 15 is 0 Å². The van der Waals surface area contributed by atoms with E-state index in [4.69, 9.17) is 11.6 Å². The van der Waals surface area contributed by atoms with Crippen molar-refractivity contribution in [2.24, 2.45) is 0 Å². The lowest BCUT2D eigenvalue weighted by Gasteiger charge is -2.33. The van der Waals surface area contributed by atoms with Crippen molar-refractivity contribution in [1.29, 1.82) is 0 Å². The van der Waals surface area contributed by atoms with Crippen LogP contribution in [0.1, 0.15) is 5.56 Å². The van der Waals surface area contributed by atoms with Gasteiger partial charge in [0.15, 0.2) is 11.6 Å². The van der Waals surface area contributed by atoms with Crippen molar-refractivity contribution in [3.05, 3.63) is 41.1 Å². The van der Waals surface area contributed by atoms with Crippen molar-refractivity contribution in [3.63, 3.8) is 0 Å². The zero-order valence-electron chi connectivity index (χ0n) is 14.5. The Morgan fingerprint density at radius 3 is 2.62 bits per heavy atom. The SMILES string of the molecule is CSN1CCN(c2cc3cnn(-c4ncc(Cl)c(C)c4F)c3cn2)CC1. The fourth-order valence-electron chi connectivity index (χ4n) is 3.05. The number of fused-ring (bicyclic) bond motifs is 1. The quantitative estimate of drug-likeness (QED) is 0.637. The van der Waals surface area contributed by atoms with Crippen LogP contribution in [0, 0.1) is 12.7 Å². The second kappa shape index (κ2) is 7.02. The number of anilines is 1. The van der Waals surface area contributed by atoms with Crippen molar-refractivity contribution < 1.29 is 4.39 Å². The highest BCUT2D eigenvalue weighted by Crippen LogP contribution is 2.26. The highest BCUT2D eigenvalue weighted by Gasteiger charge is 2.19. The molecule has 0 atom stereocenters. The van der Waals surface area contributed by atoms with Gasteiger partial charge < -0.3 is 4.90 Å². The first kappa shape index (κ1) is 17.5. The van der Waals surface area contributed by atoms with E-state index in [1.807, 2.05) is 6.07 Å². The van der Waals surface area contributed by atoms with Crippen LogP contribution in [-0.2, 0) is 0 Å². The summed E-state index contributed by atoms with van der Waals surface area (Å²) >= 11 is 7.71. The average molecular weight is 393 g/mol. The Kier molecular flexibility index (Phi) is 4.73. The van der Waals surface area contributed by atoms with Gasteiger partial charge in [-0.15, -0.1) is 0 Å². The van der Waals surface area contributed by atoms with Crippen LogP contribution >= 0.6 is 23.5 Å². The molecule has 1 fully saturated rings. The molecule has 9 heteroatoms. The lowest BCUT2D eigenvalue weighted by atomic mass is 10.2. The van der Waals surface area contributed by atoms with Gasteiger partial charge in [0.25, 0.3) is 0 Å². The normalized spacial score (nSPS) is 15.8. The second-order valence-corrected chi connectivity index (χ2v) is 7.41. The number of nitrogens with zero attached hydrogens (tertiary/aromatic N) is 6. The number of hydrogen-bond donors (Lipinski definition) is 0. The molecule has 26 heavy (non-hydrogen) atoms. The van der Waals surface area contributed by atoms with Gasteiger partial charge in [0.1, 0.15) is 5.82 Å². The third-order valence-electron chi connectivity index (χ3n) is 4.65. The lowest BCUT2D eigenvalue weighted by Crippen LogP contribution is -2.43. The zero-order valence-corrected chi connectivity index (χ0v) is 16.1. The molecule has 0 radical (unpaired) electrons. The van der Waals surface area contributed by atoms with Crippen molar-refractivity contribution in [1.82, 2.24) is 24.1 Å². The molecule has 0 spiro atoms. The summed E-state index contributed by atoms with van der Waals surface area (Å²) < 4.78 is 18.4. The topological polar surface area (TPSA) is 50.1 Å². The van der Waals surface area contributed by atoms with Gasteiger partial charge in [0.2, 0.25) is 0 Å². The minimum atomic E-state index is -0.472. The van der Waals surface area contributed by atoms with Crippen molar-refractivity contribution in [2.45, 2.75) is 6.92 Å². The van der Waals surface area contributed by atoms with Crippen molar-refractivity contribution in [3.8, 4) is 5.82 Å². The Balaban J connectivity index is 1.67. The maximum absolute atomic E-state index is 14.6. The molecule has 4 heterocycles. The molecule has 6 nitrogen and oxygen atoms in total. The van der Waals surface area contributed by atoms with E-state index in [0.717, 1.165) is 37.4 Å². The van der Waals surface area contributed by atoms with E-state index in [-0.39, 0.29) is 5.82 Å². The van der Waals surface area contributed by atoms with Gasteiger partial charge >= 0.3 is 0 Å². The molecule has 0 aromatic carbocycles. The lowest BCUT2D eigenvalue weighted by molar-refractivity contribution is 0.429. The largest absolute Gasteiger partial charge is 0.354 e. The van der Waals surface area contributed by atoms with Crippen molar-refractivity contribution in [2.75, 3.05) is 37.3 Å². The van der Waals surface area contributed by atoms with E-state index < -0.39 is 5.82 Å². The van der Waals surface area contributed by atoms with Crippen LogP contribution in [0.25, 0.3) is 16.7 Å². The predicted molar refractivity (Wildman–Crippen MR) is 104 cm³/mol. The molecule has 0 unspecified atom stereocenters. The minimum absolute atomic E-state index is 0.130. The van der Waals surface area contributed by atoms with Crippen molar-refractivity contribution >= 4 is 40.3 Å². The number of halogens is 2. The van der Waals surface area contributed by atoms with Crippen LogP contribution < -0.4 is 4.90 Å². The number of hydrogen-bond acceptors (Lipinski definition) is 6. The number of aromatic nitrogens is 4. The van der Waals surface area contributed by atoms with Crippen LogP contribution in [-0.4, -0.2) is 56.5 Å². The summed E-state index contributed by atoms with van der Waals surface area (Å²) in [5.41, 5.74) is 1.07. The van der Waals surface area contributed by atoms with Crippen LogP contribution in [0.2, 0.25) is 5.02 Å². The number of piperazine rings is 1. The molecule has 0 saturated carbocycles. The second-order valence-electron chi connectivity index (χ2n) is 6.13. The van der Waals surface area contributed by atoms with Gasteiger partial charge in [-0.25, -0.2) is 23.3 Å². The van der Waals surface area contributed by atoms with Gasteiger partial charge in [0.05, 0.1) is 22.9 Å². The first-order valence-electron chi connectivity index (χ1n) is 8.27. The summed E-state index contributed by atoms with van der Waals surface area (Å²) in [5.74, 6) is 0.573. The Labute approximate surface area is 160 Å².